The topological polar surface area (TPSA) is 278 Å². The summed E-state index contributed by atoms with van der Waals surface area (Å²) in [5.41, 5.74) is 5.86. The van der Waals surface area contributed by atoms with Crippen molar-refractivity contribution in [3.8, 4) is 11.3 Å². The number of hydrogen-bond donors (Lipinski definition) is 6. The van der Waals surface area contributed by atoms with Gasteiger partial charge in [0.15, 0.2) is 57.3 Å². The van der Waals surface area contributed by atoms with E-state index >= 15 is 0 Å². The fourth-order valence-corrected chi connectivity index (χ4v) is 7.32. The first-order valence-electron chi connectivity index (χ1n) is 20.4. The van der Waals surface area contributed by atoms with Crippen LogP contribution >= 0.6 is 47.8 Å². The van der Waals surface area contributed by atoms with Crippen LogP contribution in [-0.2, 0) is 0 Å². The number of imidazole rings is 5. The maximum absolute atomic E-state index is 12.9. The van der Waals surface area contributed by atoms with Crippen molar-refractivity contribution < 1.29 is 9.87 Å². The molecule has 0 spiro atoms. The Kier molecular flexibility index (Phi) is 20.6. The Morgan fingerprint density at radius 2 is 0.725 bits per heavy atom. The van der Waals surface area contributed by atoms with E-state index in [1.54, 1.807) is 81.1 Å². The first kappa shape index (κ1) is 54.2. The van der Waals surface area contributed by atoms with Crippen LogP contribution in [-0.4, -0.2) is 113 Å². The molecule has 26 heteroatoms. The second kappa shape index (κ2) is 26.2. The number of fused-ring (bicyclic) bond motifs is 5. The summed E-state index contributed by atoms with van der Waals surface area (Å²) in [6.07, 6.45) is 28.6. The Balaban J connectivity index is 0.000000187. The molecule has 0 saturated carbocycles. The number of benzene rings is 1. The van der Waals surface area contributed by atoms with Crippen molar-refractivity contribution in [2.24, 2.45) is 0 Å². The molecule has 10 heterocycles. The van der Waals surface area contributed by atoms with Gasteiger partial charge >= 0.3 is 0 Å². The van der Waals surface area contributed by atoms with Crippen molar-refractivity contribution in [3.63, 3.8) is 0 Å². The van der Waals surface area contributed by atoms with E-state index in [9.17, 15) is 4.39 Å². The average Bonchev–Trinajstić information content (AvgIpc) is 4.25. The summed E-state index contributed by atoms with van der Waals surface area (Å²) in [6.45, 7) is 4.00. The molecule has 69 heavy (non-hydrogen) atoms. The highest BCUT2D eigenvalue weighted by Crippen LogP contribution is 2.24. The smallest absolute Gasteiger partial charge is 0.180 e. The Morgan fingerprint density at radius 3 is 1.19 bits per heavy atom. The lowest BCUT2D eigenvalue weighted by Gasteiger charge is -2.08. The van der Waals surface area contributed by atoms with Crippen molar-refractivity contribution in [2.45, 2.75) is 13.8 Å². The van der Waals surface area contributed by atoms with Gasteiger partial charge in [0.05, 0.1) is 30.5 Å². The van der Waals surface area contributed by atoms with E-state index < -0.39 is 0 Å². The highest BCUT2D eigenvalue weighted by molar-refractivity contribution is 9.11. The summed E-state index contributed by atoms with van der Waals surface area (Å²) in [7, 11) is 9.10. The molecule has 0 atom stereocenters. The van der Waals surface area contributed by atoms with Gasteiger partial charge in [-0.2, -0.15) is 0 Å². The molecule has 0 bridgehead atoms. The van der Waals surface area contributed by atoms with Crippen LogP contribution in [0.3, 0.4) is 0 Å². The van der Waals surface area contributed by atoms with Crippen molar-refractivity contribution in [2.75, 3.05) is 61.8 Å². The normalized spacial score (nSPS) is 10.0. The van der Waals surface area contributed by atoms with Crippen molar-refractivity contribution in [1.82, 2.24) is 78.0 Å². The molecule has 10 N–H and O–H groups in total. The predicted octanol–water partition coefficient (Wildman–Crippen LogP) is 8.31. The second-order valence-electron chi connectivity index (χ2n) is 13.0. The lowest BCUT2D eigenvalue weighted by Crippen LogP contribution is -2.00. The van der Waals surface area contributed by atoms with Gasteiger partial charge in [-0.25, -0.2) is 54.2 Å². The van der Waals surface area contributed by atoms with E-state index in [-0.39, 0.29) is 17.4 Å². The number of anilines is 5. The van der Waals surface area contributed by atoms with E-state index in [1.807, 2.05) is 101 Å². The molecule has 0 unspecified atom stereocenters. The van der Waals surface area contributed by atoms with Crippen LogP contribution in [0.4, 0.5) is 33.5 Å². The standard InChI is InChI=1S/C13H11FN4.3C7H7BrN4.C7H8N4.C2H6.H3N.H2O/c1-15-12-13-16-6-7-18(13)11(8-17-12)9-2-4-10(14)5-3-9;1-9-6-7-10-2-3-12(7)5(8)4-11-6;2*1-9-6-7-11-4-5(8)12(7)3-2-10-6;1-8-6-7-10-3-5-11(7)4-2-9-6;1-2;;/h2-8H,1H3,(H,15,17);2-4H,1H3,(H,9,11);2*2-4H,1H3,(H,9,10);2-5H,1H3,(H,8,9);1-2H3;1H3;1H2. The zero-order valence-electron chi connectivity index (χ0n) is 38.5. The van der Waals surface area contributed by atoms with Crippen LogP contribution in [0.1, 0.15) is 13.8 Å². The van der Waals surface area contributed by atoms with Gasteiger partial charge in [-0.15, -0.1) is 0 Å². The third-order valence-electron chi connectivity index (χ3n) is 9.21. The van der Waals surface area contributed by atoms with Crippen LogP contribution in [0, 0.1) is 5.82 Å². The molecule has 0 saturated heterocycles. The largest absolute Gasteiger partial charge is 0.412 e. The average molecular weight is 1140 g/mol. The molecule has 0 aliphatic rings. The summed E-state index contributed by atoms with van der Waals surface area (Å²) in [5, 5.41) is 14.9. The molecule has 1 aromatic carbocycles. The molecule has 0 aliphatic heterocycles. The second-order valence-corrected chi connectivity index (χ2v) is 15.4. The lowest BCUT2D eigenvalue weighted by molar-refractivity contribution is 0.628. The van der Waals surface area contributed by atoms with E-state index in [4.69, 9.17) is 0 Å². The fourth-order valence-electron chi connectivity index (χ4n) is 6.16. The summed E-state index contributed by atoms with van der Waals surface area (Å²) in [5.74, 6) is 3.61. The van der Waals surface area contributed by atoms with Crippen LogP contribution < -0.4 is 32.7 Å². The maximum atomic E-state index is 12.9. The Hall–Kier alpha value is -7.39. The first-order valence-corrected chi connectivity index (χ1v) is 22.7. The first-order chi connectivity index (χ1) is 32.7. The summed E-state index contributed by atoms with van der Waals surface area (Å²) < 4.78 is 25.3. The molecule has 10 aromatic heterocycles. The van der Waals surface area contributed by atoms with Crippen LogP contribution in [0.5, 0.6) is 0 Å². The van der Waals surface area contributed by atoms with Crippen LogP contribution in [0.15, 0.2) is 137 Å². The number of nitrogens with one attached hydrogen (secondary N) is 5. The molecule has 11 aromatic rings. The molecular formula is C43H51Br3FN21O. The molecule has 0 amide bonds. The summed E-state index contributed by atoms with van der Waals surface area (Å²) in [4.78, 5) is 41.7. The van der Waals surface area contributed by atoms with Crippen molar-refractivity contribution in [3.05, 3.63) is 143 Å². The van der Waals surface area contributed by atoms with Gasteiger partial charge in [0, 0.05) is 115 Å². The minimum atomic E-state index is -0.250. The van der Waals surface area contributed by atoms with Gasteiger partial charge in [-0.3, -0.25) is 17.6 Å². The van der Waals surface area contributed by atoms with E-state index in [0.717, 1.165) is 76.6 Å². The van der Waals surface area contributed by atoms with E-state index in [2.05, 4.69) is 124 Å². The molecule has 0 radical (unpaired) electrons. The van der Waals surface area contributed by atoms with Gasteiger partial charge in [-0.1, -0.05) is 13.8 Å². The Labute approximate surface area is 420 Å². The van der Waals surface area contributed by atoms with Crippen LogP contribution in [0.2, 0.25) is 0 Å². The van der Waals surface area contributed by atoms with Gasteiger partial charge in [0.25, 0.3) is 0 Å². The zero-order chi connectivity index (χ0) is 47.9. The molecule has 0 fully saturated rings. The fraction of sp³-hybridized carbons (Fsp3) is 0.163. The zero-order valence-corrected chi connectivity index (χ0v) is 43.2. The van der Waals surface area contributed by atoms with Crippen molar-refractivity contribution >= 4 is 105 Å². The Bertz CT molecular complexity index is 3200. The van der Waals surface area contributed by atoms with Crippen molar-refractivity contribution in [1.29, 1.82) is 0 Å². The van der Waals surface area contributed by atoms with E-state index in [0.29, 0.717) is 5.82 Å². The summed E-state index contributed by atoms with van der Waals surface area (Å²) >= 11 is 10.1. The number of aromatic nitrogens is 15. The van der Waals surface area contributed by atoms with E-state index in [1.165, 1.54) is 12.1 Å². The summed E-state index contributed by atoms with van der Waals surface area (Å²) in [6, 6.07) is 6.32. The minimum Gasteiger partial charge on any atom is -0.412 e. The molecule has 362 valence electrons. The maximum Gasteiger partial charge on any atom is 0.180 e. The number of nitrogens with zero attached hydrogens (tertiary/aromatic N) is 15. The van der Waals surface area contributed by atoms with Gasteiger partial charge < -0.3 is 42.6 Å². The molecule has 11 rings (SSSR count). The molecule has 22 nitrogen and oxygen atoms in total. The number of hydrogen-bond acceptors (Lipinski definition) is 16. The lowest BCUT2D eigenvalue weighted by atomic mass is 10.1. The van der Waals surface area contributed by atoms with Gasteiger partial charge in [0.2, 0.25) is 0 Å². The molecular weight excluding hydrogens is 1090 g/mol. The molecule has 0 aliphatic carbocycles. The SMILES string of the molecule is CC.CNc1ncc(-c2ccc(F)cc2)n2ccnc12.CNc1ncc(Br)n2ccnc12.CNc1nccn2c(Br)cnc12.CNc1nccn2c(Br)cnc12.CNc1nccn2ccnc12.N.O. The highest BCUT2D eigenvalue weighted by atomic mass is 79.9. The quantitative estimate of drug-likeness (QED) is 0.0913. The third-order valence-corrected chi connectivity index (χ3v) is 11.0. The van der Waals surface area contributed by atoms with Crippen LogP contribution in [0.25, 0.3) is 39.5 Å². The predicted molar refractivity (Wildman–Crippen MR) is 281 cm³/mol. The highest BCUT2D eigenvalue weighted by Gasteiger charge is 2.10. The minimum absolute atomic E-state index is 0. The van der Waals surface area contributed by atoms with Gasteiger partial charge in [-0.05, 0) is 72.1 Å². The Morgan fingerprint density at radius 1 is 0.406 bits per heavy atom. The number of rotatable bonds is 6. The third kappa shape index (κ3) is 12.6. The monoisotopic (exact) mass is 1130 g/mol. The van der Waals surface area contributed by atoms with Gasteiger partial charge in [0.1, 0.15) is 19.6 Å². The number of halogens is 4.